The number of alkyl carbamates (subject to hydrolysis) is 1. The second-order valence-electron chi connectivity index (χ2n) is 5.55. The van der Waals surface area contributed by atoms with Crippen molar-refractivity contribution in [1.82, 2.24) is 15.3 Å². The molecule has 0 aromatic carbocycles. The first kappa shape index (κ1) is 17.5. The van der Waals surface area contributed by atoms with E-state index in [0.717, 1.165) is 24.2 Å². The third-order valence-electron chi connectivity index (χ3n) is 2.56. The van der Waals surface area contributed by atoms with E-state index in [1.807, 2.05) is 27.7 Å². The molecule has 2 N–H and O–H groups in total. The monoisotopic (exact) mass is 314 g/mol. The Morgan fingerprint density at radius 3 is 2.67 bits per heavy atom. The fourth-order valence-corrected chi connectivity index (χ4v) is 1.92. The van der Waals surface area contributed by atoms with Gasteiger partial charge in [-0.1, -0.05) is 18.5 Å². The van der Waals surface area contributed by atoms with E-state index < -0.39 is 11.7 Å². The molecule has 0 saturated carbocycles. The number of ether oxygens (including phenoxy) is 1. The van der Waals surface area contributed by atoms with Crippen LogP contribution in [0.3, 0.4) is 0 Å². The van der Waals surface area contributed by atoms with Gasteiger partial charge in [0.15, 0.2) is 0 Å². The molecule has 21 heavy (non-hydrogen) atoms. The second kappa shape index (κ2) is 8.02. The van der Waals surface area contributed by atoms with Crippen molar-refractivity contribution in [2.75, 3.05) is 18.4 Å². The molecular formula is C14H23ClN4O2. The highest BCUT2D eigenvalue weighted by Crippen LogP contribution is 2.19. The first-order valence-corrected chi connectivity index (χ1v) is 7.41. The number of hydrogen-bond donors (Lipinski definition) is 2. The van der Waals surface area contributed by atoms with Gasteiger partial charge in [0.1, 0.15) is 22.9 Å². The maximum atomic E-state index is 11.4. The van der Waals surface area contributed by atoms with Crippen LogP contribution in [0.15, 0.2) is 6.33 Å². The minimum atomic E-state index is -0.476. The van der Waals surface area contributed by atoms with Crippen LogP contribution in [-0.2, 0) is 11.2 Å². The Balaban J connectivity index is 2.29. The predicted octanol–water partition coefficient (Wildman–Crippen LogP) is 3.02. The molecule has 0 radical (unpaired) electrons. The lowest BCUT2D eigenvalue weighted by atomic mass is 10.2. The number of hydrogen-bond acceptors (Lipinski definition) is 5. The summed E-state index contributed by atoms with van der Waals surface area (Å²) in [7, 11) is 0. The van der Waals surface area contributed by atoms with Gasteiger partial charge in [0.2, 0.25) is 0 Å². The maximum absolute atomic E-state index is 11.4. The molecule has 0 spiro atoms. The smallest absolute Gasteiger partial charge is 0.407 e. The summed E-state index contributed by atoms with van der Waals surface area (Å²) in [5.41, 5.74) is 0.426. The molecular weight excluding hydrogens is 292 g/mol. The fourth-order valence-electron chi connectivity index (χ4n) is 1.66. The molecule has 1 aromatic heterocycles. The van der Waals surface area contributed by atoms with E-state index in [1.54, 1.807) is 0 Å². The lowest BCUT2D eigenvalue weighted by molar-refractivity contribution is 0.0528. The van der Waals surface area contributed by atoms with Crippen molar-refractivity contribution in [2.24, 2.45) is 0 Å². The van der Waals surface area contributed by atoms with Crippen LogP contribution in [-0.4, -0.2) is 34.8 Å². The zero-order chi connectivity index (χ0) is 15.9. The van der Waals surface area contributed by atoms with Crippen LogP contribution in [0.4, 0.5) is 10.6 Å². The highest BCUT2D eigenvalue weighted by molar-refractivity contribution is 6.30. The summed E-state index contributed by atoms with van der Waals surface area (Å²) >= 11 is 6.01. The highest BCUT2D eigenvalue weighted by atomic mass is 35.5. The van der Waals surface area contributed by atoms with Gasteiger partial charge in [-0.2, -0.15) is 0 Å². The van der Waals surface area contributed by atoms with E-state index >= 15 is 0 Å². The van der Waals surface area contributed by atoms with Crippen molar-refractivity contribution in [3.63, 3.8) is 0 Å². The molecule has 0 bridgehead atoms. The van der Waals surface area contributed by atoms with Gasteiger partial charge in [-0.05, 0) is 33.6 Å². The number of aromatic nitrogens is 2. The Morgan fingerprint density at radius 2 is 2.05 bits per heavy atom. The normalized spacial score (nSPS) is 11.1. The minimum Gasteiger partial charge on any atom is -0.444 e. The maximum Gasteiger partial charge on any atom is 0.407 e. The van der Waals surface area contributed by atoms with Crippen LogP contribution in [0.1, 0.15) is 39.7 Å². The lowest BCUT2D eigenvalue weighted by Crippen LogP contribution is -2.33. The number of halogens is 1. The molecule has 0 unspecified atom stereocenters. The molecule has 0 atom stereocenters. The third kappa shape index (κ3) is 6.62. The zero-order valence-electron chi connectivity index (χ0n) is 13.0. The average molecular weight is 315 g/mol. The number of carbonyl (C=O) groups is 1. The van der Waals surface area contributed by atoms with Gasteiger partial charge >= 0.3 is 6.09 Å². The van der Waals surface area contributed by atoms with Crippen LogP contribution in [0, 0.1) is 0 Å². The van der Waals surface area contributed by atoms with Crippen LogP contribution in [0.5, 0.6) is 0 Å². The summed E-state index contributed by atoms with van der Waals surface area (Å²) in [4.78, 5) is 19.6. The van der Waals surface area contributed by atoms with Gasteiger partial charge in [0, 0.05) is 18.7 Å². The SMILES string of the molecule is CCc1c(Cl)ncnc1NCCCNC(=O)OC(C)(C)C. The van der Waals surface area contributed by atoms with Crippen molar-refractivity contribution >= 4 is 23.5 Å². The quantitative estimate of drug-likeness (QED) is 0.623. The standard InChI is InChI=1S/C14H23ClN4O2/c1-5-10-11(15)18-9-19-12(10)16-7-6-8-17-13(20)21-14(2,3)4/h9H,5-8H2,1-4H3,(H,17,20)(H,16,18,19). The van der Waals surface area contributed by atoms with Gasteiger partial charge < -0.3 is 15.4 Å². The molecule has 0 saturated heterocycles. The van der Waals surface area contributed by atoms with E-state index in [4.69, 9.17) is 16.3 Å². The molecule has 1 amide bonds. The first-order valence-electron chi connectivity index (χ1n) is 7.03. The second-order valence-corrected chi connectivity index (χ2v) is 5.91. The van der Waals surface area contributed by atoms with Gasteiger partial charge in [-0.15, -0.1) is 0 Å². The average Bonchev–Trinajstić information content (AvgIpc) is 2.36. The Hall–Kier alpha value is -1.56. The highest BCUT2D eigenvalue weighted by Gasteiger charge is 2.15. The van der Waals surface area contributed by atoms with Crippen LogP contribution < -0.4 is 10.6 Å². The summed E-state index contributed by atoms with van der Waals surface area (Å²) < 4.78 is 5.15. The Labute approximate surface area is 130 Å². The van der Waals surface area contributed by atoms with Crippen molar-refractivity contribution < 1.29 is 9.53 Å². The molecule has 0 aliphatic rings. The van der Waals surface area contributed by atoms with Crippen molar-refractivity contribution in [3.05, 3.63) is 17.0 Å². The zero-order valence-corrected chi connectivity index (χ0v) is 13.8. The third-order valence-corrected chi connectivity index (χ3v) is 2.89. The van der Waals surface area contributed by atoms with E-state index in [-0.39, 0.29) is 0 Å². The topological polar surface area (TPSA) is 76.1 Å². The molecule has 1 heterocycles. The van der Waals surface area contributed by atoms with Gasteiger partial charge in [-0.25, -0.2) is 14.8 Å². The van der Waals surface area contributed by atoms with Crippen LogP contribution in [0.25, 0.3) is 0 Å². The van der Waals surface area contributed by atoms with Gasteiger partial charge in [0.05, 0.1) is 0 Å². The predicted molar refractivity (Wildman–Crippen MR) is 83.8 cm³/mol. The molecule has 1 aromatic rings. The van der Waals surface area contributed by atoms with Crippen LogP contribution >= 0.6 is 11.6 Å². The van der Waals surface area contributed by atoms with Crippen molar-refractivity contribution in [1.29, 1.82) is 0 Å². The molecule has 0 aliphatic carbocycles. The van der Waals surface area contributed by atoms with E-state index in [9.17, 15) is 4.79 Å². The Morgan fingerprint density at radius 1 is 1.33 bits per heavy atom. The summed E-state index contributed by atoms with van der Waals surface area (Å²) in [5, 5.41) is 6.38. The van der Waals surface area contributed by atoms with E-state index in [1.165, 1.54) is 6.33 Å². The number of anilines is 1. The molecule has 7 heteroatoms. The molecule has 118 valence electrons. The first-order chi connectivity index (χ1) is 9.83. The molecule has 1 rings (SSSR count). The molecule has 0 fully saturated rings. The summed E-state index contributed by atoms with van der Waals surface area (Å²) in [6, 6.07) is 0. The number of rotatable bonds is 6. The minimum absolute atomic E-state index is 0.401. The van der Waals surface area contributed by atoms with E-state index in [0.29, 0.717) is 18.2 Å². The number of nitrogens with one attached hydrogen (secondary N) is 2. The Kier molecular flexibility index (Phi) is 6.68. The lowest BCUT2D eigenvalue weighted by Gasteiger charge is -2.19. The van der Waals surface area contributed by atoms with Crippen molar-refractivity contribution in [2.45, 2.75) is 46.1 Å². The van der Waals surface area contributed by atoms with Gasteiger partial charge in [0.25, 0.3) is 0 Å². The fraction of sp³-hybridized carbons (Fsp3) is 0.643. The largest absolute Gasteiger partial charge is 0.444 e. The summed E-state index contributed by atoms with van der Waals surface area (Å²) in [5.74, 6) is 0.745. The summed E-state index contributed by atoms with van der Waals surface area (Å²) in [6.45, 7) is 8.70. The number of carbonyl (C=O) groups excluding carboxylic acids is 1. The van der Waals surface area contributed by atoms with Crippen LogP contribution in [0.2, 0.25) is 5.15 Å². The Bertz CT molecular complexity index is 475. The van der Waals surface area contributed by atoms with Crippen molar-refractivity contribution in [3.8, 4) is 0 Å². The summed E-state index contributed by atoms with van der Waals surface area (Å²) in [6.07, 6.45) is 2.55. The number of amides is 1. The molecule has 0 aliphatic heterocycles. The van der Waals surface area contributed by atoms with E-state index in [2.05, 4.69) is 20.6 Å². The number of nitrogens with zero attached hydrogens (tertiary/aromatic N) is 2. The molecule has 6 nitrogen and oxygen atoms in total. The van der Waals surface area contributed by atoms with Gasteiger partial charge in [-0.3, -0.25) is 0 Å².